The molecule has 1 N–H and O–H groups in total. The van der Waals surface area contributed by atoms with Gasteiger partial charge in [-0.25, -0.2) is 4.98 Å². The van der Waals surface area contributed by atoms with E-state index in [1.54, 1.807) is 6.20 Å². The smallest absolute Gasteiger partial charge is 0.144 e. The lowest BCUT2D eigenvalue weighted by molar-refractivity contribution is 1.26. The number of anilines is 2. The van der Waals surface area contributed by atoms with Crippen molar-refractivity contribution in [1.82, 2.24) is 4.98 Å². The maximum atomic E-state index is 4.32. The van der Waals surface area contributed by atoms with Crippen molar-refractivity contribution in [3.63, 3.8) is 0 Å². The van der Waals surface area contributed by atoms with Crippen molar-refractivity contribution in [3.8, 4) is 0 Å². The Labute approximate surface area is 118 Å². The molecule has 0 radical (unpaired) electrons. The SMILES string of the molecule is Cc1ccc(Nc2ncc(Br)cc2Br)cc1C. The van der Waals surface area contributed by atoms with Crippen LogP contribution in [0.4, 0.5) is 11.5 Å². The molecule has 0 aliphatic heterocycles. The van der Waals surface area contributed by atoms with Gasteiger partial charge in [0.1, 0.15) is 5.82 Å². The van der Waals surface area contributed by atoms with Crippen molar-refractivity contribution < 1.29 is 0 Å². The van der Waals surface area contributed by atoms with Gasteiger partial charge in [0.2, 0.25) is 0 Å². The quantitative estimate of drug-likeness (QED) is 0.822. The topological polar surface area (TPSA) is 24.9 Å². The highest BCUT2D eigenvalue weighted by molar-refractivity contribution is 9.11. The number of aryl methyl sites for hydroxylation is 2. The molecule has 4 heteroatoms. The highest BCUT2D eigenvalue weighted by Crippen LogP contribution is 2.27. The zero-order chi connectivity index (χ0) is 12.4. The molecule has 0 saturated carbocycles. The van der Waals surface area contributed by atoms with Gasteiger partial charge < -0.3 is 5.32 Å². The van der Waals surface area contributed by atoms with Gasteiger partial charge in [-0.1, -0.05) is 6.07 Å². The second-order valence-corrected chi connectivity index (χ2v) is 5.68. The van der Waals surface area contributed by atoms with Gasteiger partial charge in [-0.15, -0.1) is 0 Å². The van der Waals surface area contributed by atoms with Crippen LogP contribution < -0.4 is 5.32 Å². The van der Waals surface area contributed by atoms with Crippen LogP contribution in [0.15, 0.2) is 39.4 Å². The van der Waals surface area contributed by atoms with E-state index in [0.717, 1.165) is 20.5 Å². The molecule has 1 aromatic carbocycles. The number of hydrogen-bond acceptors (Lipinski definition) is 2. The van der Waals surface area contributed by atoms with Crippen molar-refractivity contribution in [2.75, 3.05) is 5.32 Å². The third kappa shape index (κ3) is 3.07. The molecule has 0 saturated heterocycles. The minimum atomic E-state index is 0.816. The molecule has 0 amide bonds. The summed E-state index contributed by atoms with van der Waals surface area (Å²) in [6, 6.07) is 8.24. The van der Waals surface area contributed by atoms with Crippen molar-refractivity contribution in [1.29, 1.82) is 0 Å². The first-order valence-electron chi connectivity index (χ1n) is 5.21. The predicted octanol–water partition coefficient (Wildman–Crippen LogP) is 4.97. The Hall–Kier alpha value is -0.870. The standard InChI is InChI=1S/C13H12Br2N2/c1-8-3-4-11(5-9(8)2)17-13-12(15)6-10(14)7-16-13/h3-7H,1-2H3,(H,16,17). The molecule has 0 unspecified atom stereocenters. The fourth-order valence-corrected chi connectivity index (χ4v) is 2.55. The Morgan fingerprint density at radius 1 is 1.06 bits per heavy atom. The van der Waals surface area contributed by atoms with Gasteiger partial charge in [0.05, 0.1) is 4.47 Å². The number of nitrogens with zero attached hydrogens (tertiary/aromatic N) is 1. The fraction of sp³-hybridized carbons (Fsp3) is 0.154. The van der Waals surface area contributed by atoms with Gasteiger partial charge in [0, 0.05) is 16.4 Å². The third-order valence-corrected chi connectivity index (χ3v) is 3.62. The second kappa shape index (κ2) is 5.19. The predicted molar refractivity (Wildman–Crippen MR) is 78.8 cm³/mol. The molecular weight excluding hydrogens is 344 g/mol. The van der Waals surface area contributed by atoms with E-state index in [2.05, 4.69) is 74.2 Å². The van der Waals surface area contributed by atoms with Gasteiger partial charge >= 0.3 is 0 Å². The molecule has 0 aliphatic carbocycles. The summed E-state index contributed by atoms with van der Waals surface area (Å²) in [6.45, 7) is 4.21. The fourth-order valence-electron chi connectivity index (χ4n) is 1.46. The summed E-state index contributed by atoms with van der Waals surface area (Å²) in [5.41, 5.74) is 3.60. The lowest BCUT2D eigenvalue weighted by Gasteiger charge is -2.09. The van der Waals surface area contributed by atoms with Gasteiger partial charge in [-0.05, 0) is 75.0 Å². The normalized spacial score (nSPS) is 10.4. The van der Waals surface area contributed by atoms with E-state index in [9.17, 15) is 0 Å². The van der Waals surface area contributed by atoms with E-state index >= 15 is 0 Å². The molecule has 0 atom stereocenters. The Balaban J connectivity index is 2.28. The third-order valence-electron chi connectivity index (χ3n) is 2.58. The molecule has 0 spiro atoms. The number of pyridine rings is 1. The molecule has 2 nitrogen and oxygen atoms in total. The molecule has 1 aromatic heterocycles. The van der Waals surface area contributed by atoms with Crippen LogP contribution in [0.3, 0.4) is 0 Å². The molecule has 2 rings (SSSR count). The van der Waals surface area contributed by atoms with Crippen LogP contribution in [0.1, 0.15) is 11.1 Å². The first-order valence-corrected chi connectivity index (χ1v) is 6.80. The Bertz CT molecular complexity index is 553. The first-order chi connectivity index (χ1) is 8.06. The molecule has 88 valence electrons. The molecule has 0 bridgehead atoms. The highest BCUT2D eigenvalue weighted by Gasteiger charge is 2.03. The van der Waals surface area contributed by atoms with E-state index in [4.69, 9.17) is 0 Å². The summed E-state index contributed by atoms with van der Waals surface area (Å²) in [5.74, 6) is 0.816. The zero-order valence-electron chi connectivity index (χ0n) is 9.59. The van der Waals surface area contributed by atoms with Gasteiger partial charge in [0.15, 0.2) is 0 Å². The molecule has 17 heavy (non-hydrogen) atoms. The summed E-state index contributed by atoms with van der Waals surface area (Å²) in [7, 11) is 0. The number of benzene rings is 1. The van der Waals surface area contributed by atoms with Crippen molar-refractivity contribution in [3.05, 3.63) is 50.5 Å². The minimum Gasteiger partial charge on any atom is -0.339 e. The summed E-state index contributed by atoms with van der Waals surface area (Å²) in [5, 5.41) is 3.29. The highest BCUT2D eigenvalue weighted by atomic mass is 79.9. The summed E-state index contributed by atoms with van der Waals surface area (Å²) in [6.07, 6.45) is 1.77. The summed E-state index contributed by atoms with van der Waals surface area (Å²) < 4.78 is 1.89. The average molecular weight is 356 g/mol. The maximum absolute atomic E-state index is 4.32. The van der Waals surface area contributed by atoms with Crippen molar-refractivity contribution >= 4 is 43.4 Å². The van der Waals surface area contributed by atoms with E-state index in [-0.39, 0.29) is 0 Å². The van der Waals surface area contributed by atoms with E-state index < -0.39 is 0 Å². The van der Waals surface area contributed by atoms with Gasteiger partial charge in [0.25, 0.3) is 0 Å². The summed E-state index contributed by atoms with van der Waals surface area (Å²) >= 11 is 6.87. The van der Waals surface area contributed by atoms with Crippen LogP contribution in [0.25, 0.3) is 0 Å². The molecule has 0 fully saturated rings. The minimum absolute atomic E-state index is 0.816. The van der Waals surface area contributed by atoms with Gasteiger partial charge in [-0.3, -0.25) is 0 Å². The van der Waals surface area contributed by atoms with Crippen molar-refractivity contribution in [2.45, 2.75) is 13.8 Å². The lowest BCUT2D eigenvalue weighted by Crippen LogP contribution is -1.95. The lowest BCUT2D eigenvalue weighted by atomic mass is 10.1. The zero-order valence-corrected chi connectivity index (χ0v) is 12.8. The van der Waals surface area contributed by atoms with Gasteiger partial charge in [-0.2, -0.15) is 0 Å². The monoisotopic (exact) mass is 354 g/mol. The number of halogens is 2. The van der Waals surface area contributed by atoms with Crippen LogP contribution in [-0.4, -0.2) is 4.98 Å². The first kappa shape index (κ1) is 12.6. The van der Waals surface area contributed by atoms with Crippen LogP contribution in [0.2, 0.25) is 0 Å². The molecule has 1 heterocycles. The van der Waals surface area contributed by atoms with Crippen LogP contribution in [0.5, 0.6) is 0 Å². The summed E-state index contributed by atoms with van der Waals surface area (Å²) in [4.78, 5) is 4.32. The van der Waals surface area contributed by atoms with Crippen LogP contribution in [-0.2, 0) is 0 Å². The van der Waals surface area contributed by atoms with E-state index in [1.807, 2.05) is 6.07 Å². The Kier molecular flexibility index (Phi) is 3.84. The second-order valence-electron chi connectivity index (χ2n) is 3.91. The Morgan fingerprint density at radius 2 is 1.82 bits per heavy atom. The number of rotatable bonds is 2. The number of nitrogens with one attached hydrogen (secondary N) is 1. The molecule has 2 aromatic rings. The van der Waals surface area contributed by atoms with Crippen LogP contribution >= 0.6 is 31.9 Å². The largest absolute Gasteiger partial charge is 0.339 e. The maximum Gasteiger partial charge on any atom is 0.144 e. The molecule has 0 aliphatic rings. The van der Waals surface area contributed by atoms with Crippen LogP contribution in [0, 0.1) is 13.8 Å². The van der Waals surface area contributed by atoms with E-state index in [0.29, 0.717) is 0 Å². The van der Waals surface area contributed by atoms with E-state index in [1.165, 1.54) is 11.1 Å². The molecular formula is C13H12Br2N2. The number of aromatic nitrogens is 1. The number of hydrogen-bond donors (Lipinski definition) is 1. The van der Waals surface area contributed by atoms with Crippen molar-refractivity contribution in [2.24, 2.45) is 0 Å². The average Bonchev–Trinajstić information content (AvgIpc) is 2.27. The Morgan fingerprint density at radius 3 is 2.47 bits per heavy atom.